The first-order valence-corrected chi connectivity index (χ1v) is 15.2. The van der Waals surface area contributed by atoms with Gasteiger partial charge in [0.1, 0.15) is 0 Å². The van der Waals surface area contributed by atoms with E-state index in [1.807, 2.05) is 41.5 Å². The zero-order valence-corrected chi connectivity index (χ0v) is 25.8. The fourth-order valence-electron chi connectivity index (χ4n) is 5.67. The summed E-state index contributed by atoms with van der Waals surface area (Å²) in [4.78, 5) is 0. The number of fused-ring (bicyclic) bond motifs is 3. The highest BCUT2D eigenvalue weighted by Gasteiger charge is 2.46. The Morgan fingerprint density at radius 2 is 1.00 bits per heavy atom. The van der Waals surface area contributed by atoms with Crippen LogP contribution in [0, 0.1) is 6.92 Å². The summed E-state index contributed by atoms with van der Waals surface area (Å²) < 4.78 is 0. The Kier molecular flexibility index (Phi) is 11.1. The first-order valence-electron chi connectivity index (χ1n) is 15.2. The second-order valence-electron chi connectivity index (χ2n) is 9.34. The topological polar surface area (TPSA) is 0 Å². The van der Waals surface area contributed by atoms with E-state index in [1.54, 1.807) is 0 Å². The summed E-state index contributed by atoms with van der Waals surface area (Å²) in [5, 5.41) is 0. The third-order valence-corrected chi connectivity index (χ3v) is 7.43. The lowest BCUT2D eigenvalue weighted by Gasteiger charge is -2.34. The van der Waals surface area contributed by atoms with Gasteiger partial charge in [0.2, 0.25) is 0 Å². The first kappa shape index (κ1) is 30.6. The number of aryl methyl sites for hydroxylation is 2. The molecule has 0 N–H and O–H groups in total. The summed E-state index contributed by atoms with van der Waals surface area (Å²) in [6.07, 6.45) is 1.04. The molecule has 0 spiro atoms. The van der Waals surface area contributed by atoms with Crippen molar-refractivity contribution in [2.24, 2.45) is 0 Å². The lowest BCUT2D eigenvalue weighted by atomic mass is 9.67. The van der Waals surface area contributed by atoms with Crippen LogP contribution in [0.1, 0.15) is 81.8 Å². The van der Waals surface area contributed by atoms with Crippen LogP contribution in [0.4, 0.5) is 0 Å². The van der Waals surface area contributed by atoms with Crippen molar-refractivity contribution in [3.05, 3.63) is 155 Å². The minimum atomic E-state index is -0.351. The molecule has 0 aromatic heterocycles. The zero-order chi connectivity index (χ0) is 29.1. The minimum absolute atomic E-state index is 0.351. The minimum Gasteiger partial charge on any atom is -0.0683 e. The molecular weight excluding hydrogens is 480 g/mol. The lowest BCUT2D eigenvalue weighted by molar-refractivity contribution is 0.767. The van der Waals surface area contributed by atoms with E-state index in [1.165, 1.54) is 55.6 Å². The van der Waals surface area contributed by atoms with Gasteiger partial charge in [-0.1, -0.05) is 169 Å². The third kappa shape index (κ3) is 5.54. The number of benzene rings is 5. The van der Waals surface area contributed by atoms with E-state index in [2.05, 4.69) is 135 Å². The summed E-state index contributed by atoms with van der Waals surface area (Å²) in [5.41, 5.74) is 12.8. The van der Waals surface area contributed by atoms with Crippen molar-refractivity contribution in [3.63, 3.8) is 0 Å². The summed E-state index contributed by atoms with van der Waals surface area (Å²) in [6.45, 7) is 16.4. The van der Waals surface area contributed by atoms with Crippen LogP contribution >= 0.6 is 0 Å². The Labute approximate surface area is 243 Å². The van der Waals surface area contributed by atoms with Crippen molar-refractivity contribution in [2.75, 3.05) is 0 Å². The highest BCUT2D eigenvalue weighted by molar-refractivity contribution is 5.88. The Morgan fingerprint density at radius 3 is 1.60 bits per heavy atom. The molecule has 0 fully saturated rings. The molecule has 1 unspecified atom stereocenters. The normalized spacial score (nSPS) is 14.2. The summed E-state index contributed by atoms with van der Waals surface area (Å²) >= 11 is 0. The van der Waals surface area contributed by atoms with E-state index >= 15 is 0 Å². The number of hydrogen-bond donors (Lipinski definition) is 0. The SMILES string of the molecule is CC.CC.CC.CCc1ccc(C2(c3ccc(C)cc3)c3ccccc3-c3ccc(-c4ccccc4)cc32)cc1. The van der Waals surface area contributed by atoms with Gasteiger partial charge >= 0.3 is 0 Å². The Morgan fingerprint density at radius 1 is 0.475 bits per heavy atom. The molecule has 0 heteroatoms. The van der Waals surface area contributed by atoms with Gasteiger partial charge in [0, 0.05) is 0 Å². The van der Waals surface area contributed by atoms with E-state index < -0.39 is 0 Å². The fourth-order valence-corrected chi connectivity index (χ4v) is 5.67. The molecule has 0 bridgehead atoms. The molecule has 0 nitrogen and oxygen atoms in total. The fraction of sp³-hybridized carbons (Fsp3) is 0.250. The molecule has 40 heavy (non-hydrogen) atoms. The largest absolute Gasteiger partial charge is 0.0713 e. The van der Waals surface area contributed by atoms with Crippen molar-refractivity contribution in [3.8, 4) is 22.3 Å². The molecule has 0 saturated carbocycles. The van der Waals surface area contributed by atoms with Gasteiger partial charge in [0.15, 0.2) is 0 Å². The molecule has 0 radical (unpaired) electrons. The van der Waals surface area contributed by atoms with Crippen LogP contribution in [-0.2, 0) is 11.8 Å². The smallest absolute Gasteiger partial charge is 0.0683 e. The number of hydrogen-bond acceptors (Lipinski definition) is 0. The molecule has 0 saturated heterocycles. The maximum atomic E-state index is 2.43. The van der Waals surface area contributed by atoms with Crippen LogP contribution in [0.15, 0.2) is 121 Å². The van der Waals surface area contributed by atoms with Gasteiger partial charge in [-0.25, -0.2) is 0 Å². The molecule has 206 valence electrons. The van der Waals surface area contributed by atoms with E-state index in [4.69, 9.17) is 0 Å². The second kappa shape index (κ2) is 14.5. The quantitative estimate of drug-likeness (QED) is 0.214. The summed E-state index contributed by atoms with van der Waals surface area (Å²) in [6, 6.07) is 45.2. The highest BCUT2D eigenvalue weighted by Crippen LogP contribution is 2.56. The Bertz CT molecular complexity index is 1460. The van der Waals surface area contributed by atoms with Crippen LogP contribution in [0.5, 0.6) is 0 Å². The average molecular weight is 527 g/mol. The molecular formula is C40H46. The monoisotopic (exact) mass is 526 g/mol. The van der Waals surface area contributed by atoms with Crippen LogP contribution in [0.25, 0.3) is 22.3 Å². The van der Waals surface area contributed by atoms with Crippen LogP contribution in [0.3, 0.4) is 0 Å². The highest BCUT2D eigenvalue weighted by atomic mass is 14.5. The average Bonchev–Trinajstić information content (AvgIpc) is 3.35. The Hall–Kier alpha value is -3.90. The molecule has 1 aliphatic rings. The molecule has 0 aliphatic heterocycles. The zero-order valence-electron chi connectivity index (χ0n) is 25.8. The van der Waals surface area contributed by atoms with Gasteiger partial charge in [-0.2, -0.15) is 0 Å². The van der Waals surface area contributed by atoms with Gasteiger partial charge in [0.05, 0.1) is 5.41 Å². The van der Waals surface area contributed by atoms with Crippen LogP contribution in [0.2, 0.25) is 0 Å². The molecule has 5 aromatic rings. The van der Waals surface area contributed by atoms with E-state index in [0.717, 1.165) is 6.42 Å². The second-order valence-corrected chi connectivity index (χ2v) is 9.34. The first-order chi connectivity index (χ1) is 19.7. The van der Waals surface area contributed by atoms with Crippen molar-refractivity contribution in [1.29, 1.82) is 0 Å². The van der Waals surface area contributed by atoms with Gasteiger partial charge in [-0.05, 0) is 69.5 Å². The van der Waals surface area contributed by atoms with Crippen LogP contribution in [-0.4, -0.2) is 0 Å². The predicted molar refractivity (Wildman–Crippen MR) is 177 cm³/mol. The predicted octanol–water partition coefficient (Wildman–Crippen LogP) is 11.7. The molecule has 0 amide bonds. The molecule has 6 rings (SSSR count). The van der Waals surface area contributed by atoms with Gasteiger partial charge < -0.3 is 0 Å². The summed E-state index contributed by atoms with van der Waals surface area (Å²) in [7, 11) is 0. The van der Waals surface area contributed by atoms with E-state index in [0.29, 0.717) is 0 Å². The lowest BCUT2D eigenvalue weighted by Crippen LogP contribution is -2.28. The molecule has 5 aromatic carbocycles. The van der Waals surface area contributed by atoms with Crippen molar-refractivity contribution >= 4 is 0 Å². The molecule has 1 atom stereocenters. The van der Waals surface area contributed by atoms with Crippen molar-refractivity contribution in [1.82, 2.24) is 0 Å². The van der Waals surface area contributed by atoms with Crippen molar-refractivity contribution in [2.45, 2.75) is 67.2 Å². The van der Waals surface area contributed by atoms with Gasteiger partial charge in [0.25, 0.3) is 0 Å². The molecule has 1 aliphatic carbocycles. The van der Waals surface area contributed by atoms with E-state index in [-0.39, 0.29) is 5.41 Å². The maximum Gasteiger partial charge on any atom is 0.0713 e. The van der Waals surface area contributed by atoms with Crippen molar-refractivity contribution < 1.29 is 0 Å². The molecule has 0 heterocycles. The number of rotatable bonds is 4. The van der Waals surface area contributed by atoms with Gasteiger partial charge in [-0.3, -0.25) is 0 Å². The maximum absolute atomic E-state index is 2.43. The van der Waals surface area contributed by atoms with Gasteiger partial charge in [-0.15, -0.1) is 0 Å². The van der Waals surface area contributed by atoms with E-state index in [9.17, 15) is 0 Å². The van der Waals surface area contributed by atoms with Crippen LogP contribution < -0.4 is 0 Å². The third-order valence-electron chi connectivity index (χ3n) is 7.43. The standard InChI is InChI=1S/C34H28.3C2H6/c1-3-25-15-20-29(21-16-25)34(28-18-13-24(2)14-19-28)32-12-8-7-11-30(32)31-22-17-27(23-33(31)34)26-9-5-4-6-10-26;3*1-2/h4-23H,3H2,1-2H3;3*1-2H3. The summed E-state index contributed by atoms with van der Waals surface area (Å²) in [5.74, 6) is 0. The Balaban J connectivity index is 0.000000691.